The van der Waals surface area contributed by atoms with Crippen molar-refractivity contribution in [3.05, 3.63) is 34.3 Å². The standard InChI is InChI=1S/C14H13N3S2/c1-17-5-4-9-11(8-17)16-14(18)10(7-15)13(9)12-3-2-6-19-12/h2-3,6H,4-5,8H2,1H3,(H,16,18). The van der Waals surface area contributed by atoms with Crippen molar-refractivity contribution in [2.75, 3.05) is 13.6 Å². The topological polar surface area (TPSA) is 39.9 Å². The minimum absolute atomic E-state index is 0.542. The van der Waals surface area contributed by atoms with Crippen LogP contribution in [0.25, 0.3) is 10.4 Å². The van der Waals surface area contributed by atoms with Crippen LogP contribution in [0.5, 0.6) is 0 Å². The predicted molar refractivity (Wildman–Crippen MR) is 79.6 cm³/mol. The molecule has 0 atom stereocenters. The number of hydrogen-bond donors (Lipinski definition) is 1. The minimum atomic E-state index is 0.542. The normalized spacial score (nSPS) is 15.0. The molecule has 0 bridgehead atoms. The van der Waals surface area contributed by atoms with E-state index >= 15 is 0 Å². The van der Waals surface area contributed by atoms with Crippen molar-refractivity contribution in [3.63, 3.8) is 0 Å². The van der Waals surface area contributed by atoms with Gasteiger partial charge in [0.25, 0.3) is 0 Å². The number of fused-ring (bicyclic) bond motifs is 1. The molecular weight excluding hydrogens is 274 g/mol. The van der Waals surface area contributed by atoms with Crippen molar-refractivity contribution >= 4 is 24.0 Å². The minimum Gasteiger partial charge on any atom is -0.300 e. The lowest BCUT2D eigenvalue weighted by molar-refractivity contribution is 0.307. The van der Waals surface area contributed by atoms with Crippen LogP contribution in [0.3, 0.4) is 0 Å². The molecule has 96 valence electrons. The van der Waals surface area contributed by atoms with Gasteiger partial charge in [-0.1, -0.05) is 6.07 Å². The lowest BCUT2D eigenvalue weighted by atomic mass is 9.95. The third kappa shape index (κ3) is 2.16. The maximum absolute atomic E-state index is 9.41. The van der Waals surface area contributed by atoms with Crippen molar-refractivity contribution in [2.24, 2.45) is 0 Å². The molecule has 2 aromatic rings. The van der Waals surface area contributed by atoms with Gasteiger partial charge in [0.05, 0.1) is 11.3 Å². The second-order valence-corrected chi connectivity index (χ2v) is 6.06. The van der Waals surface area contributed by atoms with Crippen LogP contribution in [0, 0.1) is 11.3 Å². The van der Waals surface area contributed by atoms with Crippen molar-refractivity contribution in [2.45, 2.75) is 18.0 Å². The number of nitrogens with zero attached hydrogens (tertiary/aromatic N) is 3. The fraction of sp³-hybridized carbons (Fsp3) is 0.286. The molecule has 3 nitrogen and oxygen atoms in total. The van der Waals surface area contributed by atoms with Gasteiger partial charge < -0.3 is 4.90 Å². The Morgan fingerprint density at radius 1 is 1.53 bits per heavy atom. The zero-order valence-corrected chi connectivity index (χ0v) is 12.3. The quantitative estimate of drug-likeness (QED) is 0.820. The van der Waals surface area contributed by atoms with Gasteiger partial charge in [-0.25, -0.2) is 4.98 Å². The van der Waals surface area contributed by atoms with Gasteiger partial charge in [0, 0.05) is 23.5 Å². The maximum Gasteiger partial charge on any atom is 0.112 e. The van der Waals surface area contributed by atoms with Crippen molar-refractivity contribution in [3.8, 4) is 16.5 Å². The highest BCUT2D eigenvalue weighted by Gasteiger charge is 2.23. The molecule has 0 aliphatic carbocycles. The summed E-state index contributed by atoms with van der Waals surface area (Å²) in [5, 5.41) is 12.0. The largest absolute Gasteiger partial charge is 0.300 e. The second kappa shape index (κ2) is 4.97. The molecule has 0 unspecified atom stereocenters. The third-order valence-corrected chi connectivity index (χ3v) is 4.62. The number of pyridine rings is 1. The molecule has 1 aliphatic rings. The molecule has 0 radical (unpaired) electrons. The summed E-state index contributed by atoms with van der Waals surface area (Å²) in [4.78, 5) is 7.89. The summed E-state index contributed by atoms with van der Waals surface area (Å²) in [5.41, 5.74) is 3.92. The number of rotatable bonds is 1. The molecule has 0 amide bonds. The zero-order chi connectivity index (χ0) is 13.4. The van der Waals surface area contributed by atoms with Gasteiger partial charge in [0.15, 0.2) is 0 Å². The SMILES string of the molecule is CN1CCc2c(nc(S)c(C#N)c2-c2cccs2)C1. The highest BCUT2D eigenvalue weighted by molar-refractivity contribution is 7.80. The van der Waals surface area contributed by atoms with E-state index in [1.54, 1.807) is 11.3 Å². The van der Waals surface area contributed by atoms with Crippen LogP contribution < -0.4 is 0 Å². The maximum atomic E-state index is 9.41. The van der Waals surface area contributed by atoms with E-state index < -0.39 is 0 Å². The van der Waals surface area contributed by atoms with E-state index in [2.05, 4.69) is 41.7 Å². The van der Waals surface area contributed by atoms with Gasteiger partial charge in [0.2, 0.25) is 0 Å². The van der Waals surface area contributed by atoms with Crippen LogP contribution in [0.1, 0.15) is 16.8 Å². The van der Waals surface area contributed by atoms with Crippen LogP contribution in [-0.4, -0.2) is 23.5 Å². The average molecular weight is 287 g/mol. The Hall–Kier alpha value is -1.35. The number of aromatic nitrogens is 1. The van der Waals surface area contributed by atoms with Crippen LogP contribution >= 0.6 is 24.0 Å². The molecule has 3 rings (SSSR count). The Labute approximate surface area is 121 Å². The smallest absolute Gasteiger partial charge is 0.112 e. The van der Waals surface area contributed by atoms with E-state index in [0.29, 0.717) is 10.6 Å². The van der Waals surface area contributed by atoms with E-state index in [-0.39, 0.29) is 0 Å². The van der Waals surface area contributed by atoms with Crippen LogP contribution in [0.2, 0.25) is 0 Å². The fourth-order valence-corrected chi connectivity index (χ4v) is 3.58. The molecule has 0 fully saturated rings. The summed E-state index contributed by atoms with van der Waals surface area (Å²) >= 11 is 6.06. The summed E-state index contributed by atoms with van der Waals surface area (Å²) in [5.74, 6) is 0. The molecule has 3 heterocycles. The van der Waals surface area contributed by atoms with Gasteiger partial charge >= 0.3 is 0 Å². The molecule has 0 saturated heterocycles. The average Bonchev–Trinajstić information content (AvgIpc) is 2.90. The van der Waals surface area contributed by atoms with Crippen molar-refractivity contribution in [1.82, 2.24) is 9.88 Å². The highest BCUT2D eigenvalue weighted by atomic mass is 32.1. The first-order valence-corrected chi connectivity index (χ1v) is 7.40. The molecule has 0 aromatic carbocycles. The summed E-state index contributed by atoms with van der Waals surface area (Å²) in [6.07, 6.45) is 0.939. The van der Waals surface area contributed by atoms with E-state index in [1.165, 1.54) is 5.56 Å². The van der Waals surface area contributed by atoms with Gasteiger partial charge in [-0.2, -0.15) is 5.26 Å². The molecule has 1 aliphatic heterocycles. The molecule has 0 spiro atoms. The zero-order valence-electron chi connectivity index (χ0n) is 10.6. The summed E-state index contributed by atoms with van der Waals surface area (Å²) < 4.78 is 0. The van der Waals surface area contributed by atoms with Crippen LogP contribution in [0.15, 0.2) is 22.5 Å². The molecule has 0 saturated carbocycles. The Morgan fingerprint density at radius 2 is 2.37 bits per heavy atom. The highest BCUT2D eigenvalue weighted by Crippen LogP contribution is 2.36. The number of thiophene rings is 1. The first-order valence-electron chi connectivity index (χ1n) is 6.08. The summed E-state index contributed by atoms with van der Waals surface area (Å²) in [6, 6.07) is 6.34. The van der Waals surface area contributed by atoms with Crippen LogP contribution in [0.4, 0.5) is 0 Å². The number of hydrogen-bond acceptors (Lipinski definition) is 5. The number of likely N-dealkylation sites (N-methyl/N-ethyl adjacent to an activating group) is 1. The molecule has 5 heteroatoms. The third-order valence-electron chi connectivity index (χ3n) is 3.41. The van der Waals surface area contributed by atoms with Gasteiger partial charge in [-0.05, 0) is 30.5 Å². The Kier molecular flexibility index (Phi) is 3.31. The monoisotopic (exact) mass is 287 g/mol. The van der Waals surface area contributed by atoms with E-state index in [0.717, 1.165) is 35.6 Å². The van der Waals surface area contributed by atoms with Gasteiger partial charge in [-0.15, -0.1) is 24.0 Å². The van der Waals surface area contributed by atoms with Gasteiger partial charge in [-0.3, -0.25) is 0 Å². The number of thiol groups is 1. The first-order chi connectivity index (χ1) is 9.20. The van der Waals surface area contributed by atoms with Crippen LogP contribution in [-0.2, 0) is 13.0 Å². The van der Waals surface area contributed by atoms with Crippen molar-refractivity contribution < 1.29 is 0 Å². The van der Waals surface area contributed by atoms with E-state index in [1.807, 2.05) is 11.4 Å². The molecule has 19 heavy (non-hydrogen) atoms. The van der Waals surface area contributed by atoms with E-state index in [4.69, 9.17) is 0 Å². The lowest BCUT2D eigenvalue weighted by Crippen LogP contribution is -2.28. The molecular formula is C14H13N3S2. The fourth-order valence-electron chi connectivity index (χ4n) is 2.49. The Bertz CT molecular complexity index is 656. The molecule has 2 aromatic heterocycles. The lowest BCUT2D eigenvalue weighted by Gasteiger charge is -2.26. The Balaban J connectivity index is 2.29. The Morgan fingerprint density at radius 3 is 3.05 bits per heavy atom. The predicted octanol–water partition coefficient (Wildman–Crippen LogP) is 2.96. The molecule has 0 N–H and O–H groups in total. The summed E-state index contributed by atoms with van der Waals surface area (Å²) in [7, 11) is 2.09. The second-order valence-electron chi connectivity index (χ2n) is 4.69. The first kappa shape index (κ1) is 12.7. The van der Waals surface area contributed by atoms with E-state index in [9.17, 15) is 5.26 Å². The van der Waals surface area contributed by atoms with Crippen molar-refractivity contribution in [1.29, 1.82) is 5.26 Å². The summed E-state index contributed by atoms with van der Waals surface area (Å²) in [6.45, 7) is 1.83. The van der Waals surface area contributed by atoms with Gasteiger partial charge in [0.1, 0.15) is 11.1 Å². The number of nitriles is 1.